The number of pyridine rings is 1. The average Bonchev–Trinajstić information content (AvgIpc) is 2.22. The molecular weight excluding hydrogens is 200 g/mol. The van der Waals surface area contributed by atoms with Gasteiger partial charge in [0, 0.05) is 6.07 Å². The van der Waals surface area contributed by atoms with Crippen LogP contribution in [-0.4, -0.2) is 4.98 Å². The number of ether oxygens (including phenoxy) is 1. The molecule has 0 amide bonds. The van der Waals surface area contributed by atoms with Crippen molar-refractivity contribution in [3.63, 3.8) is 0 Å². The second-order valence-corrected chi connectivity index (χ2v) is 3.82. The number of nitrogen functional groups attached to an aromatic ring is 1. The molecule has 2 rings (SSSR count). The molecule has 1 aromatic heterocycles. The van der Waals surface area contributed by atoms with E-state index in [0.717, 1.165) is 11.3 Å². The number of anilines is 1. The van der Waals surface area contributed by atoms with Gasteiger partial charge in [0.1, 0.15) is 11.5 Å². The van der Waals surface area contributed by atoms with Gasteiger partial charge in [0.25, 0.3) is 0 Å². The Morgan fingerprint density at radius 1 is 1.12 bits per heavy atom. The van der Waals surface area contributed by atoms with Gasteiger partial charge in [0.2, 0.25) is 0 Å². The molecule has 0 aliphatic rings. The summed E-state index contributed by atoms with van der Waals surface area (Å²) >= 11 is 0. The van der Waals surface area contributed by atoms with Crippen molar-refractivity contribution in [2.24, 2.45) is 0 Å². The Balaban J connectivity index is 2.27. The molecule has 0 atom stereocenters. The van der Waals surface area contributed by atoms with Crippen molar-refractivity contribution in [1.82, 2.24) is 4.98 Å². The normalized spacial score (nSPS) is 10.1. The van der Waals surface area contributed by atoms with E-state index in [9.17, 15) is 0 Å². The lowest BCUT2D eigenvalue weighted by molar-refractivity contribution is 0.477. The Kier molecular flexibility index (Phi) is 2.77. The maximum absolute atomic E-state index is 5.70. The molecule has 0 aliphatic carbocycles. The summed E-state index contributed by atoms with van der Waals surface area (Å²) in [5, 5.41) is 0. The quantitative estimate of drug-likeness (QED) is 0.835. The van der Waals surface area contributed by atoms with Crippen molar-refractivity contribution < 1.29 is 4.74 Å². The largest absolute Gasteiger partial charge is 0.455 e. The summed E-state index contributed by atoms with van der Waals surface area (Å²) in [4.78, 5) is 3.98. The van der Waals surface area contributed by atoms with Gasteiger partial charge < -0.3 is 10.5 Å². The predicted octanol–water partition coefficient (Wildman–Crippen LogP) is 3.07. The van der Waals surface area contributed by atoms with Crippen LogP contribution in [0.4, 0.5) is 5.69 Å². The molecule has 1 heterocycles. The van der Waals surface area contributed by atoms with Gasteiger partial charge in [-0.3, -0.25) is 4.98 Å². The van der Waals surface area contributed by atoms with E-state index in [1.165, 1.54) is 5.56 Å². The number of aryl methyl sites for hydroxylation is 2. The maximum atomic E-state index is 5.70. The molecule has 2 N–H and O–H groups in total. The van der Waals surface area contributed by atoms with Gasteiger partial charge in [0.15, 0.2) is 0 Å². The first-order valence-corrected chi connectivity index (χ1v) is 5.11. The average molecular weight is 214 g/mol. The highest BCUT2D eigenvalue weighted by atomic mass is 16.5. The lowest BCUT2D eigenvalue weighted by Gasteiger charge is -2.09. The van der Waals surface area contributed by atoms with Crippen molar-refractivity contribution >= 4 is 5.69 Å². The molecule has 0 fully saturated rings. The van der Waals surface area contributed by atoms with Crippen molar-refractivity contribution in [2.45, 2.75) is 13.8 Å². The van der Waals surface area contributed by atoms with E-state index in [0.29, 0.717) is 11.4 Å². The van der Waals surface area contributed by atoms with Gasteiger partial charge in [-0.1, -0.05) is 17.7 Å². The summed E-state index contributed by atoms with van der Waals surface area (Å²) in [7, 11) is 0. The fraction of sp³-hybridized carbons (Fsp3) is 0.154. The second-order valence-electron chi connectivity index (χ2n) is 3.82. The fourth-order valence-electron chi connectivity index (χ4n) is 1.53. The fourth-order valence-corrected chi connectivity index (χ4v) is 1.53. The molecule has 0 aliphatic heterocycles. The van der Waals surface area contributed by atoms with Crippen LogP contribution in [0.1, 0.15) is 11.1 Å². The summed E-state index contributed by atoms with van der Waals surface area (Å²) in [6, 6.07) is 7.80. The molecule has 82 valence electrons. The van der Waals surface area contributed by atoms with Crippen molar-refractivity contribution in [3.8, 4) is 11.5 Å². The standard InChI is InChI=1S/C13H14N2O/c1-9-3-4-13(10(2)5-9)16-12-6-11(14)7-15-8-12/h3-8H,14H2,1-2H3. The molecule has 0 bridgehead atoms. The van der Waals surface area contributed by atoms with E-state index in [-0.39, 0.29) is 0 Å². The summed E-state index contributed by atoms with van der Waals surface area (Å²) in [6.07, 6.45) is 3.24. The van der Waals surface area contributed by atoms with Crippen LogP contribution < -0.4 is 10.5 Å². The molecule has 0 unspecified atom stereocenters. The van der Waals surface area contributed by atoms with Crippen LogP contribution in [-0.2, 0) is 0 Å². The Hall–Kier alpha value is -2.03. The smallest absolute Gasteiger partial charge is 0.147 e. The van der Waals surface area contributed by atoms with Gasteiger partial charge in [-0.2, -0.15) is 0 Å². The molecule has 0 saturated heterocycles. The lowest BCUT2D eigenvalue weighted by atomic mass is 10.1. The number of hydrogen-bond acceptors (Lipinski definition) is 3. The minimum absolute atomic E-state index is 0.599. The first-order chi connectivity index (χ1) is 7.65. The van der Waals surface area contributed by atoms with Gasteiger partial charge in [-0.05, 0) is 25.5 Å². The highest BCUT2D eigenvalue weighted by Gasteiger charge is 2.02. The van der Waals surface area contributed by atoms with E-state index in [1.54, 1.807) is 18.5 Å². The first kappa shape index (κ1) is 10.5. The molecular formula is C13H14N2O. The summed E-state index contributed by atoms with van der Waals surface area (Å²) < 4.78 is 5.70. The Morgan fingerprint density at radius 2 is 1.94 bits per heavy atom. The van der Waals surface area contributed by atoms with Crippen LogP contribution >= 0.6 is 0 Å². The summed E-state index contributed by atoms with van der Waals surface area (Å²) in [5.41, 5.74) is 8.55. The monoisotopic (exact) mass is 214 g/mol. The predicted molar refractivity (Wildman–Crippen MR) is 64.6 cm³/mol. The van der Waals surface area contributed by atoms with Crippen molar-refractivity contribution in [1.29, 1.82) is 0 Å². The molecule has 1 aromatic carbocycles. The van der Waals surface area contributed by atoms with Gasteiger partial charge >= 0.3 is 0 Å². The molecule has 3 nitrogen and oxygen atoms in total. The SMILES string of the molecule is Cc1ccc(Oc2cncc(N)c2)c(C)c1. The van der Waals surface area contributed by atoms with E-state index in [2.05, 4.69) is 18.0 Å². The number of hydrogen-bond donors (Lipinski definition) is 1. The van der Waals surface area contributed by atoms with E-state index >= 15 is 0 Å². The zero-order valence-electron chi connectivity index (χ0n) is 9.40. The minimum Gasteiger partial charge on any atom is -0.455 e. The zero-order valence-corrected chi connectivity index (χ0v) is 9.40. The number of aromatic nitrogens is 1. The Bertz CT molecular complexity index is 509. The van der Waals surface area contributed by atoms with Crippen LogP contribution in [0, 0.1) is 13.8 Å². The number of nitrogens with two attached hydrogens (primary N) is 1. The Morgan fingerprint density at radius 3 is 2.62 bits per heavy atom. The molecule has 16 heavy (non-hydrogen) atoms. The first-order valence-electron chi connectivity index (χ1n) is 5.11. The van der Waals surface area contributed by atoms with Gasteiger partial charge in [0.05, 0.1) is 18.1 Å². The maximum Gasteiger partial charge on any atom is 0.147 e. The molecule has 0 saturated carbocycles. The molecule has 0 spiro atoms. The van der Waals surface area contributed by atoms with E-state index in [1.807, 2.05) is 19.1 Å². The van der Waals surface area contributed by atoms with E-state index in [4.69, 9.17) is 10.5 Å². The van der Waals surface area contributed by atoms with Crippen molar-refractivity contribution in [3.05, 3.63) is 47.8 Å². The van der Waals surface area contributed by atoms with Gasteiger partial charge in [-0.15, -0.1) is 0 Å². The molecule has 2 aromatic rings. The highest BCUT2D eigenvalue weighted by Crippen LogP contribution is 2.25. The van der Waals surface area contributed by atoms with Crippen LogP contribution in [0.5, 0.6) is 11.5 Å². The van der Waals surface area contributed by atoms with Crippen molar-refractivity contribution in [2.75, 3.05) is 5.73 Å². The number of benzene rings is 1. The number of nitrogens with zero attached hydrogens (tertiary/aromatic N) is 1. The third kappa shape index (κ3) is 2.31. The van der Waals surface area contributed by atoms with E-state index < -0.39 is 0 Å². The van der Waals surface area contributed by atoms with Crippen LogP contribution in [0.3, 0.4) is 0 Å². The highest BCUT2D eigenvalue weighted by molar-refractivity contribution is 5.44. The molecule has 0 radical (unpaired) electrons. The lowest BCUT2D eigenvalue weighted by Crippen LogP contribution is -1.91. The minimum atomic E-state index is 0.599. The van der Waals surface area contributed by atoms with Crippen LogP contribution in [0.15, 0.2) is 36.7 Å². The Labute approximate surface area is 94.9 Å². The third-order valence-corrected chi connectivity index (χ3v) is 2.29. The summed E-state index contributed by atoms with van der Waals surface area (Å²) in [5.74, 6) is 1.49. The van der Waals surface area contributed by atoms with Crippen LogP contribution in [0.25, 0.3) is 0 Å². The van der Waals surface area contributed by atoms with Crippen LogP contribution in [0.2, 0.25) is 0 Å². The number of rotatable bonds is 2. The summed E-state index contributed by atoms with van der Waals surface area (Å²) in [6.45, 7) is 4.07. The topological polar surface area (TPSA) is 48.1 Å². The molecule has 3 heteroatoms. The zero-order chi connectivity index (χ0) is 11.5. The second kappa shape index (κ2) is 4.23. The van der Waals surface area contributed by atoms with Gasteiger partial charge in [-0.25, -0.2) is 0 Å². The third-order valence-electron chi connectivity index (χ3n) is 2.29.